The highest BCUT2D eigenvalue weighted by Crippen LogP contribution is 2.16. The van der Waals surface area contributed by atoms with Gasteiger partial charge in [0.05, 0.1) is 16.6 Å². The van der Waals surface area contributed by atoms with Crippen LogP contribution in [0.2, 0.25) is 0 Å². The normalized spacial score (nSPS) is 13.7. The Labute approximate surface area is 108 Å². The maximum absolute atomic E-state index is 13.4. The van der Waals surface area contributed by atoms with Gasteiger partial charge in [0.1, 0.15) is 5.82 Å². The van der Waals surface area contributed by atoms with Crippen molar-refractivity contribution >= 4 is 11.6 Å². The molecule has 0 aliphatic rings. The number of benzene rings is 1. The number of rotatable bonds is 5. The fraction of sp³-hybridized carbons (Fsp3) is 0.364. The number of nitrogens with one attached hydrogen (secondary N) is 1. The minimum absolute atomic E-state index is 0.0708. The van der Waals surface area contributed by atoms with E-state index in [0.717, 1.165) is 18.2 Å². The first-order valence-corrected chi connectivity index (χ1v) is 5.48. The fourth-order valence-electron chi connectivity index (χ4n) is 1.28. The Morgan fingerprint density at radius 2 is 2.26 bits per heavy atom. The molecule has 0 aliphatic carbocycles. The van der Waals surface area contributed by atoms with E-state index in [-0.39, 0.29) is 12.2 Å². The molecule has 2 atom stereocenters. The van der Waals surface area contributed by atoms with Crippen molar-refractivity contribution in [3.05, 3.63) is 39.7 Å². The first-order valence-electron chi connectivity index (χ1n) is 5.48. The molecule has 0 saturated carbocycles. The summed E-state index contributed by atoms with van der Waals surface area (Å²) in [5.41, 5.74) is 4.67. The SMILES string of the molecule is CC(O)C(N)CNC(=O)c1cc([N+](=O)[O-])ccc1F. The van der Waals surface area contributed by atoms with Gasteiger partial charge in [0.15, 0.2) is 0 Å². The van der Waals surface area contributed by atoms with E-state index in [1.807, 2.05) is 0 Å². The van der Waals surface area contributed by atoms with E-state index < -0.39 is 34.4 Å². The summed E-state index contributed by atoms with van der Waals surface area (Å²) < 4.78 is 13.4. The van der Waals surface area contributed by atoms with E-state index in [9.17, 15) is 19.3 Å². The lowest BCUT2D eigenvalue weighted by atomic mass is 10.1. The number of nitrogens with two attached hydrogens (primary N) is 1. The summed E-state index contributed by atoms with van der Waals surface area (Å²) in [6, 6.07) is 1.96. The lowest BCUT2D eigenvalue weighted by molar-refractivity contribution is -0.384. The van der Waals surface area contributed by atoms with Crippen molar-refractivity contribution < 1.29 is 19.2 Å². The molecule has 0 aromatic heterocycles. The number of hydrogen-bond acceptors (Lipinski definition) is 5. The zero-order chi connectivity index (χ0) is 14.6. The second-order valence-corrected chi connectivity index (χ2v) is 4.04. The summed E-state index contributed by atoms with van der Waals surface area (Å²) >= 11 is 0. The van der Waals surface area contributed by atoms with Crippen LogP contribution in [0.1, 0.15) is 17.3 Å². The molecule has 0 spiro atoms. The van der Waals surface area contributed by atoms with Gasteiger partial charge < -0.3 is 16.2 Å². The molecule has 0 radical (unpaired) electrons. The number of aliphatic hydroxyl groups excluding tert-OH is 1. The summed E-state index contributed by atoms with van der Waals surface area (Å²) in [6.45, 7) is 1.38. The minimum Gasteiger partial charge on any atom is -0.392 e. The maximum atomic E-state index is 13.4. The van der Waals surface area contributed by atoms with Crippen LogP contribution < -0.4 is 11.1 Å². The van der Waals surface area contributed by atoms with Crippen molar-refractivity contribution in [1.29, 1.82) is 0 Å². The Hall–Kier alpha value is -2.06. The lowest BCUT2D eigenvalue weighted by Crippen LogP contribution is -2.43. The Bertz CT molecular complexity index is 493. The number of nitrogens with zero attached hydrogens (tertiary/aromatic N) is 1. The smallest absolute Gasteiger partial charge is 0.270 e. The number of nitro benzene ring substituents is 1. The van der Waals surface area contributed by atoms with Crippen LogP contribution in [0.4, 0.5) is 10.1 Å². The number of non-ortho nitro benzene ring substituents is 1. The second kappa shape index (κ2) is 6.21. The summed E-state index contributed by atoms with van der Waals surface area (Å²) in [5, 5.41) is 22.0. The molecule has 2 unspecified atom stereocenters. The highest BCUT2D eigenvalue weighted by atomic mass is 19.1. The summed E-state index contributed by atoms with van der Waals surface area (Å²) in [5.74, 6) is -1.69. The number of hydrogen-bond donors (Lipinski definition) is 3. The van der Waals surface area contributed by atoms with Crippen LogP contribution in [0.25, 0.3) is 0 Å². The zero-order valence-electron chi connectivity index (χ0n) is 10.2. The van der Waals surface area contributed by atoms with Crippen molar-refractivity contribution in [2.24, 2.45) is 5.73 Å². The van der Waals surface area contributed by atoms with Gasteiger partial charge in [-0.2, -0.15) is 0 Å². The quantitative estimate of drug-likeness (QED) is 0.521. The monoisotopic (exact) mass is 271 g/mol. The molecule has 0 fully saturated rings. The molecule has 4 N–H and O–H groups in total. The Kier molecular flexibility index (Phi) is 4.90. The second-order valence-electron chi connectivity index (χ2n) is 4.04. The number of aliphatic hydroxyl groups is 1. The van der Waals surface area contributed by atoms with Crippen LogP contribution in [-0.2, 0) is 0 Å². The fourth-order valence-corrected chi connectivity index (χ4v) is 1.28. The first kappa shape index (κ1) is 15.0. The van der Waals surface area contributed by atoms with Gasteiger partial charge in [0, 0.05) is 24.7 Å². The Balaban J connectivity index is 2.82. The third-order valence-corrected chi connectivity index (χ3v) is 2.52. The highest BCUT2D eigenvalue weighted by Gasteiger charge is 2.18. The molecule has 104 valence electrons. The molecular weight excluding hydrogens is 257 g/mol. The number of carbonyl (C=O) groups excluding carboxylic acids is 1. The van der Waals surface area contributed by atoms with Crippen LogP contribution in [-0.4, -0.2) is 34.6 Å². The molecule has 0 heterocycles. The van der Waals surface area contributed by atoms with E-state index in [4.69, 9.17) is 10.8 Å². The largest absolute Gasteiger partial charge is 0.392 e. The third kappa shape index (κ3) is 3.97. The van der Waals surface area contributed by atoms with Gasteiger partial charge in [0.25, 0.3) is 11.6 Å². The molecule has 7 nitrogen and oxygen atoms in total. The molecule has 0 aliphatic heterocycles. The van der Waals surface area contributed by atoms with Gasteiger partial charge in [-0.25, -0.2) is 4.39 Å². The molecule has 1 aromatic carbocycles. The molecule has 19 heavy (non-hydrogen) atoms. The van der Waals surface area contributed by atoms with Crippen molar-refractivity contribution in [3.8, 4) is 0 Å². The molecule has 0 bridgehead atoms. The van der Waals surface area contributed by atoms with E-state index in [2.05, 4.69) is 5.32 Å². The summed E-state index contributed by atoms with van der Waals surface area (Å²) in [4.78, 5) is 21.5. The first-order chi connectivity index (χ1) is 8.82. The van der Waals surface area contributed by atoms with Crippen molar-refractivity contribution in [3.63, 3.8) is 0 Å². The van der Waals surface area contributed by atoms with E-state index in [1.54, 1.807) is 0 Å². The van der Waals surface area contributed by atoms with Crippen molar-refractivity contribution in [2.75, 3.05) is 6.54 Å². The van der Waals surface area contributed by atoms with Gasteiger partial charge in [-0.1, -0.05) is 0 Å². The Morgan fingerprint density at radius 3 is 2.79 bits per heavy atom. The van der Waals surface area contributed by atoms with E-state index in [1.165, 1.54) is 6.92 Å². The maximum Gasteiger partial charge on any atom is 0.270 e. The van der Waals surface area contributed by atoms with Crippen molar-refractivity contribution in [2.45, 2.75) is 19.1 Å². The van der Waals surface area contributed by atoms with Crippen LogP contribution in [0.15, 0.2) is 18.2 Å². The minimum atomic E-state index is -0.867. The van der Waals surface area contributed by atoms with Gasteiger partial charge >= 0.3 is 0 Å². The number of carbonyl (C=O) groups is 1. The Morgan fingerprint density at radius 1 is 1.63 bits per heavy atom. The van der Waals surface area contributed by atoms with Crippen LogP contribution in [0, 0.1) is 15.9 Å². The highest BCUT2D eigenvalue weighted by molar-refractivity contribution is 5.95. The van der Waals surface area contributed by atoms with Gasteiger partial charge in [0.2, 0.25) is 0 Å². The molecule has 0 saturated heterocycles. The predicted molar refractivity (Wildman–Crippen MR) is 65.0 cm³/mol. The van der Waals surface area contributed by atoms with Crippen LogP contribution in [0.5, 0.6) is 0 Å². The van der Waals surface area contributed by atoms with Gasteiger partial charge in [-0.05, 0) is 13.0 Å². The third-order valence-electron chi connectivity index (χ3n) is 2.52. The average Bonchev–Trinajstić information content (AvgIpc) is 2.35. The molecule has 1 amide bonds. The lowest BCUT2D eigenvalue weighted by Gasteiger charge is -2.15. The molecule has 1 aromatic rings. The molecule has 1 rings (SSSR count). The van der Waals surface area contributed by atoms with Crippen LogP contribution in [0.3, 0.4) is 0 Å². The van der Waals surface area contributed by atoms with E-state index in [0.29, 0.717) is 0 Å². The molecular formula is C11H14FN3O4. The average molecular weight is 271 g/mol. The van der Waals surface area contributed by atoms with Crippen molar-refractivity contribution in [1.82, 2.24) is 5.32 Å². The summed E-state index contributed by atoms with van der Waals surface area (Å²) in [6.07, 6.45) is -0.838. The number of nitro groups is 1. The van der Waals surface area contributed by atoms with E-state index >= 15 is 0 Å². The number of amides is 1. The van der Waals surface area contributed by atoms with Crippen LogP contribution >= 0.6 is 0 Å². The summed E-state index contributed by atoms with van der Waals surface area (Å²) in [7, 11) is 0. The topological polar surface area (TPSA) is 118 Å². The molecule has 8 heteroatoms. The van der Waals surface area contributed by atoms with Gasteiger partial charge in [-0.3, -0.25) is 14.9 Å². The standard InChI is InChI=1S/C11H14FN3O4/c1-6(16)10(13)5-14-11(17)8-4-7(15(18)19)2-3-9(8)12/h2-4,6,10,16H,5,13H2,1H3,(H,14,17). The number of halogens is 1. The predicted octanol–water partition coefficient (Wildman–Crippen LogP) is 0.172. The zero-order valence-corrected chi connectivity index (χ0v) is 10.2. The van der Waals surface area contributed by atoms with Gasteiger partial charge in [-0.15, -0.1) is 0 Å².